The first-order chi connectivity index (χ1) is 7.86. The molecule has 1 aromatic rings. The van der Waals surface area contributed by atoms with Crippen LogP contribution in [0.1, 0.15) is 20.3 Å². The Bertz CT molecular complexity index is 243. The molecular formula is C11H23N5. The van der Waals surface area contributed by atoms with Crippen molar-refractivity contribution in [3.8, 4) is 0 Å². The maximum absolute atomic E-state index is 4.05. The minimum absolute atomic E-state index is 0.894. The van der Waals surface area contributed by atoms with Crippen molar-refractivity contribution in [3.05, 3.63) is 12.7 Å². The average Bonchev–Trinajstić information content (AvgIpc) is 2.81. The largest absolute Gasteiger partial charge is 0.315 e. The first kappa shape index (κ1) is 13.1. The molecule has 0 fully saturated rings. The van der Waals surface area contributed by atoms with Crippen LogP contribution in [0.4, 0.5) is 0 Å². The van der Waals surface area contributed by atoms with Gasteiger partial charge in [-0.25, -0.2) is 4.98 Å². The Balaban J connectivity index is 1.92. The third kappa shape index (κ3) is 5.23. The van der Waals surface area contributed by atoms with Crippen molar-refractivity contribution in [2.75, 3.05) is 32.7 Å². The lowest BCUT2D eigenvalue weighted by molar-refractivity contribution is 0.297. The van der Waals surface area contributed by atoms with Crippen molar-refractivity contribution in [2.24, 2.45) is 0 Å². The number of rotatable bonds is 9. The van der Waals surface area contributed by atoms with E-state index < -0.39 is 0 Å². The summed E-state index contributed by atoms with van der Waals surface area (Å²) in [5, 5.41) is 7.46. The van der Waals surface area contributed by atoms with E-state index in [2.05, 4.69) is 34.1 Å². The van der Waals surface area contributed by atoms with Gasteiger partial charge >= 0.3 is 0 Å². The third-order valence-corrected chi connectivity index (χ3v) is 2.71. The van der Waals surface area contributed by atoms with Crippen LogP contribution in [0.15, 0.2) is 12.7 Å². The molecule has 0 atom stereocenters. The molecule has 5 heteroatoms. The number of aromatic nitrogens is 3. The molecule has 0 amide bonds. The fraction of sp³-hybridized carbons (Fsp3) is 0.818. The van der Waals surface area contributed by atoms with Crippen molar-refractivity contribution >= 4 is 0 Å². The van der Waals surface area contributed by atoms with Crippen LogP contribution in [-0.2, 0) is 6.54 Å². The lowest BCUT2D eigenvalue weighted by atomic mass is 10.3. The SMILES string of the molecule is CCN(CC)CCCNCCn1cncn1. The zero-order valence-corrected chi connectivity index (χ0v) is 10.4. The monoisotopic (exact) mass is 225 g/mol. The molecule has 0 aliphatic heterocycles. The molecular weight excluding hydrogens is 202 g/mol. The Morgan fingerprint density at radius 1 is 1.25 bits per heavy atom. The van der Waals surface area contributed by atoms with E-state index in [1.54, 1.807) is 12.7 Å². The molecule has 92 valence electrons. The van der Waals surface area contributed by atoms with Crippen molar-refractivity contribution in [2.45, 2.75) is 26.8 Å². The predicted octanol–water partition coefficient (Wildman–Crippen LogP) is 0.600. The van der Waals surface area contributed by atoms with Crippen molar-refractivity contribution in [3.63, 3.8) is 0 Å². The van der Waals surface area contributed by atoms with Crippen molar-refractivity contribution in [1.29, 1.82) is 0 Å². The fourth-order valence-corrected chi connectivity index (χ4v) is 1.63. The van der Waals surface area contributed by atoms with Gasteiger partial charge in [0.05, 0.1) is 6.54 Å². The summed E-state index contributed by atoms with van der Waals surface area (Å²) >= 11 is 0. The average molecular weight is 225 g/mol. The molecule has 0 radical (unpaired) electrons. The first-order valence-electron chi connectivity index (χ1n) is 6.12. The molecule has 0 aromatic carbocycles. The maximum Gasteiger partial charge on any atom is 0.137 e. The maximum atomic E-state index is 4.05. The molecule has 16 heavy (non-hydrogen) atoms. The van der Waals surface area contributed by atoms with E-state index in [1.807, 2.05) is 4.68 Å². The Morgan fingerprint density at radius 3 is 2.69 bits per heavy atom. The summed E-state index contributed by atoms with van der Waals surface area (Å²) in [5.41, 5.74) is 0. The highest BCUT2D eigenvalue weighted by Crippen LogP contribution is 1.89. The molecule has 1 aromatic heterocycles. The van der Waals surface area contributed by atoms with E-state index in [0.717, 1.165) is 32.7 Å². The quantitative estimate of drug-likeness (QED) is 0.625. The van der Waals surface area contributed by atoms with E-state index in [0.29, 0.717) is 0 Å². The normalized spacial score (nSPS) is 11.2. The molecule has 0 spiro atoms. The van der Waals surface area contributed by atoms with E-state index in [4.69, 9.17) is 0 Å². The van der Waals surface area contributed by atoms with Crippen molar-refractivity contribution < 1.29 is 0 Å². The van der Waals surface area contributed by atoms with Crippen molar-refractivity contribution in [1.82, 2.24) is 25.0 Å². The third-order valence-electron chi connectivity index (χ3n) is 2.71. The molecule has 0 aliphatic carbocycles. The Morgan fingerprint density at radius 2 is 2.06 bits per heavy atom. The topological polar surface area (TPSA) is 46.0 Å². The highest BCUT2D eigenvalue weighted by molar-refractivity contribution is 4.58. The van der Waals surface area contributed by atoms with E-state index in [9.17, 15) is 0 Å². The fourth-order valence-electron chi connectivity index (χ4n) is 1.63. The summed E-state index contributed by atoms with van der Waals surface area (Å²) in [7, 11) is 0. The van der Waals surface area contributed by atoms with Gasteiger partial charge in [0.2, 0.25) is 0 Å². The minimum Gasteiger partial charge on any atom is -0.315 e. The summed E-state index contributed by atoms with van der Waals surface area (Å²) in [6.45, 7) is 10.8. The Labute approximate surface area is 97.9 Å². The van der Waals surface area contributed by atoms with Gasteiger partial charge in [0.15, 0.2) is 0 Å². The van der Waals surface area contributed by atoms with Gasteiger partial charge in [-0.1, -0.05) is 13.8 Å². The van der Waals surface area contributed by atoms with Gasteiger partial charge in [-0.2, -0.15) is 5.10 Å². The van der Waals surface area contributed by atoms with E-state index in [-0.39, 0.29) is 0 Å². The van der Waals surface area contributed by atoms with Crippen LogP contribution in [0.25, 0.3) is 0 Å². The second kappa shape index (κ2) is 8.24. The van der Waals surface area contributed by atoms with Gasteiger partial charge in [-0.15, -0.1) is 0 Å². The summed E-state index contributed by atoms with van der Waals surface area (Å²) < 4.78 is 1.84. The highest BCUT2D eigenvalue weighted by Gasteiger charge is 1.97. The van der Waals surface area contributed by atoms with Crippen LogP contribution < -0.4 is 5.32 Å². The van der Waals surface area contributed by atoms with E-state index in [1.165, 1.54) is 13.0 Å². The number of hydrogen-bond acceptors (Lipinski definition) is 4. The van der Waals surface area contributed by atoms with Crippen LogP contribution >= 0.6 is 0 Å². The number of nitrogens with one attached hydrogen (secondary N) is 1. The summed E-state index contributed by atoms with van der Waals surface area (Å²) in [6, 6.07) is 0. The lowest BCUT2D eigenvalue weighted by Crippen LogP contribution is -2.28. The molecule has 1 rings (SSSR count). The van der Waals surface area contributed by atoms with Gasteiger partial charge in [0.1, 0.15) is 12.7 Å². The minimum atomic E-state index is 0.894. The molecule has 1 heterocycles. The van der Waals surface area contributed by atoms with Gasteiger partial charge in [-0.05, 0) is 32.6 Å². The van der Waals surface area contributed by atoms with Crippen LogP contribution in [0, 0.1) is 0 Å². The lowest BCUT2D eigenvalue weighted by Gasteiger charge is -2.17. The molecule has 0 saturated carbocycles. The van der Waals surface area contributed by atoms with Crippen LogP contribution in [-0.4, -0.2) is 52.4 Å². The molecule has 0 bridgehead atoms. The predicted molar refractivity (Wildman–Crippen MR) is 65.3 cm³/mol. The second-order valence-electron chi connectivity index (χ2n) is 3.79. The Hall–Kier alpha value is -0.940. The zero-order chi connectivity index (χ0) is 11.6. The first-order valence-corrected chi connectivity index (χ1v) is 6.12. The van der Waals surface area contributed by atoms with Gasteiger partial charge < -0.3 is 10.2 Å². The summed E-state index contributed by atoms with van der Waals surface area (Å²) in [5.74, 6) is 0. The van der Waals surface area contributed by atoms with E-state index >= 15 is 0 Å². The highest BCUT2D eigenvalue weighted by atomic mass is 15.3. The van der Waals surface area contributed by atoms with Gasteiger partial charge in [0, 0.05) is 6.54 Å². The zero-order valence-electron chi connectivity index (χ0n) is 10.4. The van der Waals surface area contributed by atoms with Crippen LogP contribution in [0.3, 0.4) is 0 Å². The standard InChI is InChI=1S/C11H23N5/c1-3-15(4-2)8-5-6-12-7-9-16-11-13-10-14-16/h10-12H,3-9H2,1-2H3. The van der Waals surface area contributed by atoms with Gasteiger partial charge in [-0.3, -0.25) is 4.68 Å². The summed E-state index contributed by atoms with van der Waals surface area (Å²) in [4.78, 5) is 6.34. The number of nitrogens with zero attached hydrogens (tertiary/aromatic N) is 4. The molecule has 0 unspecified atom stereocenters. The summed E-state index contributed by atoms with van der Waals surface area (Å²) in [6.07, 6.45) is 4.52. The molecule has 0 aliphatic rings. The van der Waals surface area contributed by atoms with Crippen LogP contribution in [0.5, 0.6) is 0 Å². The van der Waals surface area contributed by atoms with Crippen LogP contribution in [0.2, 0.25) is 0 Å². The van der Waals surface area contributed by atoms with Gasteiger partial charge in [0.25, 0.3) is 0 Å². The smallest absolute Gasteiger partial charge is 0.137 e. The number of hydrogen-bond donors (Lipinski definition) is 1. The molecule has 0 saturated heterocycles. The molecule has 1 N–H and O–H groups in total. The molecule has 5 nitrogen and oxygen atoms in total. The second-order valence-corrected chi connectivity index (χ2v) is 3.79. The Kier molecular flexibility index (Phi) is 6.76.